The second kappa shape index (κ2) is 6.96. The van der Waals surface area contributed by atoms with Gasteiger partial charge in [0.1, 0.15) is 5.75 Å². The van der Waals surface area contributed by atoms with Crippen molar-refractivity contribution in [2.75, 3.05) is 0 Å². The van der Waals surface area contributed by atoms with Gasteiger partial charge in [0, 0.05) is 15.2 Å². The van der Waals surface area contributed by atoms with Gasteiger partial charge in [-0.3, -0.25) is 0 Å². The Morgan fingerprint density at radius 1 is 0.724 bits per heavy atom. The molecule has 4 aromatic carbocycles. The van der Waals surface area contributed by atoms with Crippen LogP contribution in [0.2, 0.25) is 0 Å². The molecule has 0 saturated carbocycles. The lowest BCUT2D eigenvalue weighted by Gasteiger charge is -2.23. The summed E-state index contributed by atoms with van der Waals surface area (Å²) in [6.07, 6.45) is 2.02. The summed E-state index contributed by atoms with van der Waals surface area (Å²) in [6, 6.07) is 21.6. The highest BCUT2D eigenvalue weighted by atomic mass is 32.2. The van der Waals surface area contributed by atoms with Crippen molar-refractivity contribution in [1.82, 2.24) is 0 Å². The number of benzene rings is 4. The van der Waals surface area contributed by atoms with Crippen molar-refractivity contribution in [2.24, 2.45) is 0 Å². The average Bonchev–Trinajstić information content (AvgIpc) is 2.71. The van der Waals surface area contributed by atoms with E-state index in [2.05, 4.69) is 75.4 Å². The Bertz CT molecular complexity index is 1250. The minimum absolute atomic E-state index is 0.390. The van der Waals surface area contributed by atoms with Gasteiger partial charge in [0.25, 0.3) is 0 Å². The van der Waals surface area contributed by atoms with Crippen LogP contribution < -0.4 is 0 Å². The van der Waals surface area contributed by atoms with Crippen molar-refractivity contribution in [3.05, 3.63) is 88.5 Å². The number of fused-ring (bicyclic) bond motifs is 5. The minimum atomic E-state index is 0.390. The predicted molar refractivity (Wildman–Crippen MR) is 123 cm³/mol. The molecule has 0 heterocycles. The first-order chi connectivity index (χ1) is 14.0. The maximum Gasteiger partial charge on any atom is 0.123 e. The standard InChI is InChI=1S/C27H24OS/c1-16-7-6-8-17(2)27(16)29-25-15-22-23(13-18(25)3)26-20(14-24(22)28)12-11-19-9-4-5-10-21(19)26/h4-10,13-15,28H,11-12H2,1-3H3. The number of hydrogen-bond acceptors (Lipinski definition) is 2. The van der Waals surface area contributed by atoms with Crippen LogP contribution in [-0.2, 0) is 12.8 Å². The molecule has 0 unspecified atom stereocenters. The number of aromatic hydroxyl groups is 1. The fourth-order valence-corrected chi connectivity index (χ4v) is 5.62. The zero-order chi connectivity index (χ0) is 20.1. The molecule has 0 aliphatic heterocycles. The van der Waals surface area contributed by atoms with E-state index in [9.17, 15) is 5.11 Å². The predicted octanol–water partition coefficient (Wildman–Crippen LogP) is 7.39. The summed E-state index contributed by atoms with van der Waals surface area (Å²) >= 11 is 1.80. The van der Waals surface area contributed by atoms with Crippen LogP contribution in [-0.4, -0.2) is 5.11 Å². The third kappa shape index (κ3) is 3.03. The Hall–Kier alpha value is -2.71. The van der Waals surface area contributed by atoms with Crippen LogP contribution in [0.15, 0.2) is 70.5 Å². The maximum absolute atomic E-state index is 10.9. The molecule has 0 spiro atoms. The number of hydrogen-bond donors (Lipinski definition) is 1. The lowest BCUT2D eigenvalue weighted by Crippen LogP contribution is -2.04. The molecule has 0 atom stereocenters. The molecule has 29 heavy (non-hydrogen) atoms. The normalized spacial score (nSPS) is 12.7. The van der Waals surface area contributed by atoms with E-state index in [4.69, 9.17) is 0 Å². The van der Waals surface area contributed by atoms with Crippen molar-refractivity contribution in [1.29, 1.82) is 0 Å². The van der Waals surface area contributed by atoms with Crippen molar-refractivity contribution >= 4 is 22.5 Å². The van der Waals surface area contributed by atoms with E-state index >= 15 is 0 Å². The molecule has 4 aromatic rings. The van der Waals surface area contributed by atoms with Crippen LogP contribution >= 0.6 is 11.8 Å². The Balaban J connectivity index is 1.72. The highest BCUT2D eigenvalue weighted by Gasteiger charge is 2.21. The van der Waals surface area contributed by atoms with E-state index in [1.807, 2.05) is 6.07 Å². The lowest BCUT2D eigenvalue weighted by molar-refractivity contribution is 0.481. The smallest absolute Gasteiger partial charge is 0.123 e. The fraction of sp³-hybridized carbons (Fsp3) is 0.185. The third-order valence-electron chi connectivity index (χ3n) is 6.06. The lowest BCUT2D eigenvalue weighted by atomic mass is 9.82. The molecule has 5 rings (SSSR count). The quantitative estimate of drug-likeness (QED) is 0.381. The molecule has 0 saturated heterocycles. The highest BCUT2D eigenvalue weighted by molar-refractivity contribution is 7.99. The average molecular weight is 397 g/mol. The van der Waals surface area contributed by atoms with Crippen LogP contribution in [0.3, 0.4) is 0 Å². The summed E-state index contributed by atoms with van der Waals surface area (Å²) in [7, 11) is 0. The largest absolute Gasteiger partial charge is 0.507 e. The topological polar surface area (TPSA) is 20.2 Å². The number of aryl methyl sites for hydroxylation is 5. The first-order valence-corrected chi connectivity index (χ1v) is 11.0. The van der Waals surface area contributed by atoms with Gasteiger partial charge < -0.3 is 5.11 Å². The minimum Gasteiger partial charge on any atom is -0.507 e. The molecule has 1 aliphatic carbocycles. The molecular weight excluding hydrogens is 372 g/mol. The molecule has 1 aliphatic rings. The van der Waals surface area contributed by atoms with Crippen LogP contribution in [0, 0.1) is 20.8 Å². The molecule has 1 nitrogen and oxygen atoms in total. The van der Waals surface area contributed by atoms with Gasteiger partial charge in [-0.15, -0.1) is 0 Å². The summed E-state index contributed by atoms with van der Waals surface area (Å²) < 4.78 is 0. The summed E-state index contributed by atoms with van der Waals surface area (Å²) in [5, 5.41) is 13.0. The Morgan fingerprint density at radius 2 is 1.45 bits per heavy atom. The molecule has 0 radical (unpaired) electrons. The van der Waals surface area contributed by atoms with Gasteiger partial charge >= 0.3 is 0 Å². The molecule has 0 fully saturated rings. The van der Waals surface area contributed by atoms with E-state index in [1.54, 1.807) is 11.8 Å². The second-order valence-electron chi connectivity index (χ2n) is 8.07. The first-order valence-electron chi connectivity index (χ1n) is 10.1. The van der Waals surface area contributed by atoms with E-state index in [-0.39, 0.29) is 0 Å². The van der Waals surface area contributed by atoms with Crippen LogP contribution in [0.1, 0.15) is 27.8 Å². The molecule has 144 valence electrons. The maximum atomic E-state index is 10.9. The third-order valence-corrected chi connectivity index (χ3v) is 7.57. The second-order valence-corrected chi connectivity index (χ2v) is 9.13. The van der Waals surface area contributed by atoms with Gasteiger partial charge in [-0.05, 0) is 96.1 Å². The molecular formula is C27H24OS. The first kappa shape index (κ1) is 18.3. The van der Waals surface area contributed by atoms with Crippen LogP contribution in [0.25, 0.3) is 21.9 Å². The monoisotopic (exact) mass is 396 g/mol. The van der Waals surface area contributed by atoms with Crippen molar-refractivity contribution in [2.45, 2.75) is 43.4 Å². The van der Waals surface area contributed by atoms with Gasteiger partial charge in [-0.25, -0.2) is 0 Å². The number of rotatable bonds is 2. The zero-order valence-electron chi connectivity index (χ0n) is 17.0. The van der Waals surface area contributed by atoms with Crippen LogP contribution in [0.4, 0.5) is 0 Å². The van der Waals surface area contributed by atoms with Gasteiger partial charge in [0.05, 0.1) is 0 Å². The van der Waals surface area contributed by atoms with Gasteiger partial charge in [-0.2, -0.15) is 0 Å². The summed E-state index contributed by atoms with van der Waals surface area (Å²) in [5.41, 5.74) is 9.10. The summed E-state index contributed by atoms with van der Waals surface area (Å²) in [6.45, 7) is 6.51. The van der Waals surface area contributed by atoms with Crippen molar-refractivity contribution in [3.63, 3.8) is 0 Å². The van der Waals surface area contributed by atoms with Gasteiger partial charge in [-0.1, -0.05) is 54.2 Å². The van der Waals surface area contributed by atoms with E-state index < -0.39 is 0 Å². The zero-order valence-corrected chi connectivity index (χ0v) is 17.9. The highest BCUT2D eigenvalue weighted by Crippen LogP contribution is 2.45. The molecule has 0 aromatic heterocycles. The van der Waals surface area contributed by atoms with Gasteiger partial charge in [0.15, 0.2) is 0 Å². The van der Waals surface area contributed by atoms with E-state index in [0.717, 1.165) is 23.6 Å². The molecule has 0 amide bonds. The van der Waals surface area contributed by atoms with E-state index in [1.165, 1.54) is 48.7 Å². The summed E-state index contributed by atoms with van der Waals surface area (Å²) in [4.78, 5) is 2.51. The SMILES string of the molecule is Cc1cc2c3c(cc(O)c2cc1Sc1c(C)cccc1C)CCc1ccccc1-3. The number of phenolic OH excluding ortho intramolecular Hbond substituents is 1. The Labute approximate surface area is 176 Å². The van der Waals surface area contributed by atoms with Crippen molar-refractivity contribution < 1.29 is 5.11 Å². The molecule has 0 bridgehead atoms. The van der Waals surface area contributed by atoms with Crippen molar-refractivity contribution in [3.8, 4) is 16.9 Å². The fourth-order valence-electron chi connectivity index (χ4n) is 4.54. The molecule has 1 N–H and O–H groups in total. The van der Waals surface area contributed by atoms with Gasteiger partial charge in [0.2, 0.25) is 0 Å². The summed E-state index contributed by atoms with van der Waals surface area (Å²) in [5.74, 6) is 0.390. The van der Waals surface area contributed by atoms with Crippen LogP contribution in [0.5, 0.6) is 5.75 Å². The number of phenols is 1. The Kier molecular flexibility index (Phi) is 4.40. The van der Waals surface area contributed by atoms with E-state index in [0.29, 0.717) is 5.75 Å². The Morgan fingerprint density at radius 3 is 2.24 bits per heavy atom. The molecule has 2 heteroatoms.